The second kappa shape index (κ2) is 7.56. The predicted octanol–water partition coefficient (Wildman–Crippen LogP) is 4.76. The Morgan fingerprint density at radius 2 is 2.22 bits per heavy atom. The van der Waals surface area contributed by atoms with Crippen LogP contribution in [-0.4, -0.2) is 12.9 Å². The lowest BCUT2D eigenvalue weighted by atomic mass is 9.92. The van der Waals surface area contributed by atoms with Crippen LogP contribution in [-0.2, 0) is 0 Å². The Hall–Kier alpha value is -0.850. The number of aryl methyl sites for hydroxylation is 1. The molecule has 0 bridgehead atoms. The molecule has 0 fully saturated rings. The van der Waals surface area contributed by atoms with Gasteiger partial charge in [0, 0.05) is 10.8 Å². The zero-order chi connectivity index (χ0) is 13.5. The number of hydrogen-bond donors (Lipinski definition) is 0. The first kappa shape index (κ1) is 15.2. The normalized spacial score (nSPS) is 11.9. The van der Waals surface area contributed by atoms with Crippen molar-refractivity contribution >= 4 is 23.4 Å². The molecule has 0 aromatic heterocycles. The van der Waals surface area contributed by atoms with Crippen molar-refractivity contribution in [2.75, 3.05) is 12.9 Å². The van der Waals surface area contributed by atoms with Crippen LogP contribution >= 0.6 is 23.4 Å². The quantitative estimate of drug-likeness (QED) is 0.558. The number of nitriles is 1. The first-order valence-electron chi connectivity index (χ1n) is 5.98. The van der Waals surface area contributed by atoms with Crippen LogP contribution in [0.3, 0.4) is 0 Å². The Kier molecular flexibility index (Phi) is 6.38. The molecule has 18 heavy (non-hydrogen) atoms. The number of rotatable bonds is 6. The second-order valence-corrected chi connectivity index (χ2v) is 5.46. The van der Waals surface area contributed by atoms with Gasteiger partial charge in [-0.15, -0.1) is 0 Å². The molecule has 0 spiro atoms. The molecule has 0 radical (unpaired) electrons. The monoisotopic (exact) mass is 283 g/mol. The van der Waals surface area contributed by atoms with Gasteiger partial charge in [-0.1, -0.05) is 18.5 Å². The first-order chi connectivity index (χ1) is 8.63. The number of benzene rings is 1. The fraction of sp³-hybridized carbons (Fsp3) is 0.500. The smallest absolute Gasteiger partial charge is 0.133 e. The molecule has 1 rings (SSSR count). The molecule has 1 aromatic rings. The minimum absolute atomic E-state index is 0.388. The topological polar surface area (TPSA) is 33.0 Å². The highest BCUT2D eigenvalue weighted by Crippen LogP contribution is 2.35. The summed E-state index contributed by atoms with van der Waals surface area (Å²) in [6.45, 7) is 4.12. The van der Waals surface area contributed by atoms with E-state index >= 15 is 0 Å². The molecular formula is C14H18ClNOS. The summed E-state index contributed by atoms with van der Waals surface area (Å²) < 4.78 is 5.44. The third-order valence-electron chi connectivity index (χ3n) is 3.08. The van der Waals surface area contributed by atoms with Crippen molar-refractivity contribution in [3.8, 4) is 11.2 Å². The van der Waals surface area contributed by atoms with Gasteiger partial charge in [-0.05, 0) is 60.7 Å². The maximum atomic E-state index is 8.57. The van der Waals surface area contributed by atoms with E-state index in [1.165, 1.54) is 11.8 Å². The van der Waals surface area contributed by atoms with Gasteiger partial charge in [-0.25, -0.2) is 0 Å². The highest BCUT2D eigenvalue weighted by Gasteiger charge is 2.16. The zero-order valence-electron chi connectivity index (χ0n) is 11.0. The third-order valence-corrected chi connectivity index (χ3v) is 4.05. The number of thioether (sulfide) groups is 1. The van der Waals surface area contributed by atoms with Crippen molar-refractivity contribution in [3.05, 3.63) is 28.3 Å². The van der Waals surface area contributed by atoms with E-state index in [-0.39, 0.29) is 0 Å². The van der Waals surface area contributed by atoms with E-state index in [4.69, 9.17) is 21.6 Å². The number of hydrogen-bond acceptors (Lipinski definition) is 3. The van der Waals surface area contributed by atoms with Crippen LogP contribution in [0.4, 0.5) is 0 Å². The van der Waals surface area contributed by atoms with Crippen LogP contribution in [0.25, 0.3) is 0 Å². The first-order valence-corrected chi connectivity index (χ1v) is 7.35. The van der Waals surface area contributed by atoms with Crippen molar-refractivity contribution in [1.82, 2.24) is 0 Å². The molecule has 0 N–H and O–H groups in total. The fourth-order valence-electron chi connectivity index (χ4n) is 1.99. The molecule has 98 valence electrons. The van der Waals surface area contributed by atoms with E-state index < -0.39 is 0 Å². The maximum absolute atomic E-state index is 8.57. The average Bonchev–Trinajstić information content (AvgIpc) is 2.38. The van der Waals surface area contributed by atoms with Crippen LogP contribution in [0.5, 0.6) is 5.75 Å². The summed E-state index contributed by atoms with van der Waals surface area (Å²) in [5.74, 6) is 2.12. The van der Waals surface area contributed by atoms with E-state index in [9.17, 15) is 0 Å². The minimum atomic E-state index is 0.388. The van der Waals surface area contributed by atoms with Crippen molar-refractivity contribution in [2.45, 2.75) is 32.6 Å². The standard InChI is InChI=1S/C14H18ClNOS/c1-4-11(5-6-18-9-16)12-8-13(15)10(2)7-14(12)17-3/h7-8,11H,4-6H2,1-3H3. The highest BCUT2D eigenvalue weighted by molar-refractivity contribution is 8.03. The Morgan fingerprint density at radius 3 is 2.78 bits per heavy atom. The molecule has 1 aromatic carbocycles. The highest BCUT2D eigenvalue weighted by atomic mass is 35.5. The summed E-state index contributed by atoms with van der Waals surface area (Å²) in [4.78, 5) is 0. The van der Waals surface area contributed by atoms with Gasteiger partial charge in [0.2, 0.25) is 0 Å². The van der Waals surface area contributed by atoms with Crippen molar-refractivity contribution in [3.63, 3.8) is 0 Å². The van der Waals surface area contributed by atoms with Gasteiger partial charge in [-0.3, -0.25) is 0 Å². The Balaban J connectivity index is 2.97. The predicted molar refractivity (Wildman–Crippen MR) is 78.5 cm³/mol. The van der Waals surface area contributed by atoms with Gasteiger partial charge in [0.1, 0.15) is 11.2 Å². The fourth-order valence-corrected chi connectivity index (χ4v) is 2.66. The largest absolute Gasteiger partial charge is 0.496 e. The third kappa shape index (κ3) is 3.83. The summed E-state index contributed by atoms with van der Waals surface area (Å²) in [5.41, 5.74) is 2.17. The van der Waals surface area contributed by atoms with Crippen LogP contribution in [0.1, 0.15) is 36.8 Å². The molecule has 0 aliphatic carbocycles. The van der Waals surface area contributed by atoms with Gasteiger partial charge < -0.3 is 4.74 Å². The van der Waals surface area contributed by atoms with Crippen LogP contribution in [0, 0.1) is 17.6 Å². The molecular weight excluding hydrogens is 266 g/mol. The molecule has 4 heteroatoms. The van der Waals surface area contributed by atoms with E-state index in [0.717, 1.165) is 40.5 Å². The summed E-state index contributed by atoms with van der Waals surface area (Å²) in [5, 5.41) is 11.5. The molecule has 0 saturated carbocycles. The van der Waals surface area contributed by atoms with Gasteiger partial charge in [0.25, 0.3) is 0 Å². The van der Waals surface area contributed by atoms with Crippen molar-refractivity contribution < 1.29 is 4.74 Å². The number of halogens is 1. The van der Waals surface area contributed by atoms with E-state index in [2.05, 4.69) is 12.3 Å². The Bertz CT molecular complexity index is 442. The SMILES string of the molecule is CCC(CCSC#N)c1cc(Cl)c(C)cc1OC. The Morgan fingerprint density at radius 1 is 1.50 bits per heavy atom. The summed E-state index contributed by atoms with van der Waals surface area (Å²) >= 11 is 7.49. The maximum Gasteiger partial charge on any atom is 0.133 e. The second-order valence-electron chi connectivity index (χ2n) is 4.18. The minimum Gasteiger partial charge on any atom is -0.496 e. The van der Waals surface area contributed by atoms with Gasteiger partial charge in [-0.2, -0.15) is 5.26 Å². The molecule has 0 aliphatic heterocycles. The van der Waals surface area contributed by atoms with Crippen molar-refractivity contribution in [2.24, 2.45) is 0 Å². The van der Waals surface area contributed by atoms with Crippen molar-refractivity contribution in [1.29, 1.82) is 5.26 Å². The van der Waals surface area contributed by atoms with E-state index in [1.54, 1.807) is 7.11 Å². The summed E-state index contributed by atoms with van der Waals surface area (Å²) in [6, 6.07) is 3.98. The van der Waals surface area contributed by atoms with Gasteiger partial charge in [0.15, 0.2) is 0 Å². The number of nitrogens with zero attached hydrogens (tertiary/aromatic N) is 1. The Labute approximate surface area is 118 Å². The van der Waals surface area contributed by atoms with E-state index in [1.807, 2.05) is 19.1 Å². The lowest BCUT2D eigenvalue weighted by molar-refractivity contribution is 0.403. The van der Waals surface area contributed by atoms with Gasteiger partial charge >= 0.3 is 0 Å². The molecule has 1 unspecified atom stereocenters. The number of thiocyanates is 1. The summed E-state index contributed by atoms with van der Waals surface area (Å²) in [7, 11) is 1.68. The average molecular weight is 284 g/mol. The summed E-state index contributed by atoms with van der Waals surface area (Å²) in [6.07, 6.45) is 1.98. The molecule has 0 saturated heterocycles. The molecule has 2 nitrogen and oxygen atoms in total. The van der Waals surface area contributed by atoms with Crippen LogP contribution in [0.15, 0.2) is 12.1 Å². The number of methoxy groups -OCH3 is 1. The molecule has 0 heterocycles. The molecule has 1 atom stereocenters. The zero-order valence-corrected chi connectivity index (χ0v) is 12.6. The van der Waals surface area contributed by atoms with Crippen LogP contribution < -0.4 is 4.74 Å². The number of ether oxygens (including phenoxy) is 1. The van der Waals surface area contributed by atoms with Crippen LogP contribution in [0.2, 0.25) is 5.02 Å². The van der Waals surface area contributed by atoms with E-state index in [0.29, 0.717) is 5.92 Å². The molecule has 0 amide bonds. The lowest BCUT2D eigenvalue weighted by Gasteiger charge is -2.19. The lowest BCUT2D eigenvalue weighted by Crippen LogP contribution is -2.02. The van der Waals surface area contributed by atoms with Gasteiger partial charge in [0.05, 0.1) is 7.11 Å². The molecule has 0 aliphatic rings.